The third-order valence-corrected chi connectivity index (χ3v) is 3.07. The summed E-state index contributed by atoms with van der Waals surface area (Å²) in [6.45, 7) is 0.645. The van der Waals surface area contributed by atoms with Crippen molar-refractivity contribution in [3.8, 4) is 0 Å². The van der Waals surface area contributed by atoms with Crippen LogP contribution in [0.25, 0.3) is 0 Å². The molecule has 2 rings (SSSR count). The van der Waals surface area contributed by atoms with Gasteiger partial charge in [0.25, 0.3) is 5.91 Å². The molecule has 1 aliphatic rings. The maximum Gasteiger partial charge on any atom is 0.303 e. The molecule has 1 heterocycles. The Balaban J connectivity index is 1.87. The molecule has 0 aromatic heterocycles. The molecule has 0 saturated carbocycles. The van der Waals surface area contributed by atoms with Crippen molar-refractivity contribution in [2.45, 2.75) is 31.8 Å². The molecule has 0 unspecified atom stereocenters. The van der Waals surface area contributed by atoms with E-state index in [1.165, 1.54) is 0 Å². The molecule has 2 N–H and O–H groups in total. The van der Waals surface area contributed by atoms with E-state index in [2.05, 4.69) is 5.32 Å². The summed E-state index contributed by atoms with van der Waals surface area (Å²) in [6.07, 6.45) is 1.96. The summed E-state index contributed by atoms with van der Waals surface area (Å²) in [5, 5.41) is 11.4. The Morgan fingerprint density at radius 1 is 1.32 bits per heavy atom. The standard InChI is InChI=1S/C14H17NO4/c16-13(17)8-5-10-3-6-11(7-4-10)15-14(18)12-2-1-9-19-12/h3-4,6-7,12H,1-2,5,8-9H2,(H,15,18)(H,16,17)/t12-/m1/s1. The summed E-state index contributed by atoms with van der Waals surface area (Å²) in [7, 11) is 0. The highest BCUT2D eigenvalue weighted by atomic mass is 16.5. The number of carboxylic acid groups (broad SMARTS) is 1. The van der Waals surface area contributed by atoms with Crippen LogP contribution in [0.4, 0.5) is 5.69 Å². The van der Waals surface area contributed by atoms with Crippen LogP contribution in [0, 0.1) is 0 Å². The normalized spacial score (nSPS) is 18.2. The molecule has 1 saturated heterocycles. The number of carbonyl (C=O) groups is 2. The van der Waals surface area contributed by atoms with Crippen LogP contribution in [0.15, 0.2) is 24.3 Å². The summed E-state index contributed by atoms with van der Waals surface area (Å²) >= 11 is 0. The molecule has 1 amide bonds. The monoisotopic (exact) mass is 263 g/mol. The summed E-state index contributed by atoms with van der Waals surface area (Å²) in [6, 6.07) is 7.22. The number of hydrogen-bond acceptors (Lipinski definition) is 3. The van der Waals surface area contributed by atoms with Crippen molar-refractivity contribution in [2.24, 2.45) is 0 Å². The van der Waals surface area contributed by atoms with E-state index in [0.29, 0.717) is 18.7 Å². The van der Waals surface area contributed by atoms with Crippen LogP contribution in [-0.2, 0) is 20.7 Å². The van der Waals surface area contributed by atoms with Gasteiger partial charge in [-0.2, -0.15) is 0 Å². The Bertz CT molecular complexity index is 449. The molecule has 1 fully saturated rings. The van der Waals surface area contributed by atoms with E-state index in [4.69, 9.17) is 9.84 Å². The molecule has 5 heteroatoms. The first-order valence-corrected chi connectivity index (χ1v) is 6.38. The maximum absolute atomic E-state index is 11.8. The lowest BCUT2D eigenvalue weighted by Gasteiger charge is -2.10. The number of aryl methyl sites for hydroxylation is 1. The molecule has 0 radical (unpaired) electrons. The van der Waals surface area contributed by atoms with Crippen LogP contribution in [0.5, 0.6) is 0 Å². The van der Waals surface area contributed by atoms with Gasteiger partial charge in [-0.1, -0.05) is 12.1 Å². The van der Waals surface area contributed by atoms with Gasteiger partial charge in [0.15, 0.2) is 0 Å². The van der Waals surface area contributed by atoms with Crippen LogP contribution >= 0.6 is 0 Å². The highest BCUT2D eigenvalue weighted by Crippen LogP contribution is 2.16. The van der Waals surface area contributed by atoms with Gasteiger partial charge in [0, 0.05) is 18.7 Å². The molecule has 19 heavy (non-hydrogen) atoms. The lowest BCUT2D eigenvalue weighted by molar-refractivity contribution is -0.137. The Morgan fingerprint density at radius 2 is 2.05 bits per heavy atom. The Hall–Kier alpha value is -1.88. The van der Waals surface area contributed by atoms with Gasteiger partial charge in [-0.25, -0.2) is 0 Å². The average Bonchev–Trinajstić information content (AvgIpc) is 2.92. The van der Waals surface area contributed by atoms with E-state index in [1.807, 2.05) is 12.1 Å². The predicted octanol–water partition coefficient (Wildman–Crippen LogP) is 1.82. The van der Waals surface area contributed by atoms with Crippen LogP contribution in [-0.4, -0.2) is 29.7 Å². The molecular formula is C14H17NO4. The van der Waals surface area contributed by atoms with Crippen LogP contribution in [0.3, 0.4) is 0 Å². The zero-order chi connectivity index (χ0) is 13.7. The van der Waals surface area contributed by atoms with Crippen molar-refractivity contribution in [1.82, 2.24) is 0 Å². The number of carbonyl (C=O) groups excluding carboxylic acids is 1. The number of ether oxygens (including phenoxy) is 1. The summed E-state index contributed by atoms with van der Waals surface area (Å²) in [4.78, 5) is 22.3. The van der Waals surface area contributed by atoms with Gasteiger partial charge in [-0.15, -0.1) is 0 Å². The van der Waals surface area contributed by atoms with Crippen molar-refractivity contribution in [1.29, 1.82) is 0 Å². The molecule has 5 nitrogen and oxygen atoms in total. The Morgan fingerprint density at radius 3 is 2.63 bits per heavy atom. The number of nitrogens with one attached hydrogen (secondary N) is 1. The maximum atomic E-state index is 11.8. The SMILES string of the molecule is O=C(O)CCc1ccc(NC(=O)[C@H]2CCCO2)cc1. The second-order valence-electron chi connectivity index (χ2n) is 4.58. The molecule has 0 aliphatic carbocycles. The number of anilines is 1. The van der Waals surface area contributed by atoms with Gasteiger partial charge in [0.2, 0.25) is 0 Å². The van der Waals surface area contributed by atoms with Gasteiger partial charge in [-0.3, -0.25) is 9.59 Å². The average molecular weight is 263 g/mol. The highest BCUT2D eigenvalue weighted by molar-refractivity contribution is 5.94. The quantitative estimate of drug-likeness (QED) is 0.849. The summed E-state index contributed by atoms with van der Waals surface area (Å²) in [5.41, 5.74) is 1.65. The minimum atomic E-state index is -0.809. The van der Waals surface area contributed by atoms with Crippen LogP contribution in [0.2, 0.25) is 0 Å². The third kappa shape index (κ3) is 4.06. The van der Waals surface area contributed by atoms with Gasteiger partial charge in [-0.05, 0) is 37.0 Å². The first-order chi connectivity index (χ1) is 9.15. The molecule has 0 bridgehead atoms. The lowest BCUT2D eigenvalue weighted by atomic mass is 10.1. The van der Waals surface area contributed by atoms with Crippen molar-refractivity contribution >= 4 is 17.6 Å². The number of carboxylic acids is 1. The largest absolute Gasteiger partial charge is 0.481 e. The van der Waals surface area contributed by atoms with Crippen molar-refractivity contribution in [3.63, 3.8) is 0 Å². The van der Waals surface area contributed by atoms with E-state index < -0.39 is 5.97 Å². The fraction of sp³-hybridized carbons (Fsp3) is 0.429. The Labute approximate surface area is 111 Å². The second kappa shape index (κ2) is 6.33. The van der Waals surface area contributed by atoms with Crippen LogP contribution in [0.1, 0.15) is 24.8 Å². The molecule has 1 aromatic carbocycles. The minimum Gasteiger partial charge on any atom is -0.481 e. The van der Waals surface area contributed by atoms with E-state index in [0.717, 1.165) is 18.4 Å². The molecule has 1 atom stereocenters. The first-order valence-electron chi connectivity index (χ1n) is 6.38. The van der Waals surface area contributed by atoms with Crippen molar-refractivity contribution < 1.29 is 19.4 Å². The highest BCUT2D eigenvalue weighted by Gasteiger charge is 2.23. The molecule has 102 valence electrons. The number of hydrogen-bond donors (Lipinski definition) is 2. The zero-order valence-corrected chi connectivity index (χ0v) is 10.6. The van der Waals surface area contributed by atoms with Gasteiger partial charge < -0.3 is 15.2 Å². The Kier molecular flexibility index (Phi) is 4.52. The predicted molar refractivity (Wildman–Crippen MR) is 70.0 cm³/mol. The van der Waals surface area contributed by atoms with Gasteiger partial charge in [0.05, 0.1) is 0 Å². The summed E-state index contributed by atoms with van der Waals surface area (Å²) < 4.78 is 5.30. The summed E-state index contributed by atoms with van der Waals surface area (Å²) in [5.74, 6) is -0.924. The number of amides is 1. The van der Waals surface area contributed by atoms with Crippen molar-refractivity contribution in [3.05, 3.63) is 29.8 Å². The number of aliphatic carboxylic acids is 1. The number of rotatable bonds is 5. The lowest BCUT2D eigenvalue weighted by Crippen LogP contribution is -2.26. The van der Waals surface area contributed by atoms with E-state index in [9.17, 15) is 9.59 Å². The van der Waals surface area contributed by atoms with E-state index >= 15 is 0 Å². The fourth-order valence-electron chi connectivity index (χ4n) is 2.01. The topological polar surface area (TPSA) is 75.6 Å². The van der Waals surface area contributed by atoms with Crippen molar-refractivity contribution in [2.75, 3.05) is 11.9 Å². The van der Waals surface area contributed by atoms with Crippen LogP contribution < -0.4 is 5.32 Å². The second-order valence-corrected chi connectivity index (χ2v) is 4.58. The molecule has 1 aromatic rings. The molecule has 0 spiro atoms. The van der Waals surface area contributed by atoms with Gasteiger partial charge in [0.1, 0.15) is 6.10 Å². The fourth-order valence-corrected chi connectivity index (χ4v) is 2.01. The zero-order valence-electron chi connectivity index (χ0n) is 10.6. The van der Waals surface area contributed by atoms with E-state index in [1.54, 1.807) is 12.1 Å². The molecular weight excluding hydrogens is 246 g/mol. The number of benzene rings is 1. The first kappa shape index (κ1) is 13.5. The van der Waals surface area contributed by atoms with Gasteiger partial charge >= 0.3 is 5.97 Å². The van der Waals surface area contributed by atoms with E-state index in [-0.39, 0.29) is 18.4 Å². The third-order valence-electron chi connectivity index (χ3n) is 3.07. The molecule has 1 aliphatic heterocycles. The smallest absolute Gasteiger partial charge is 0.303 e. The minimum absolute atomic E-state index is 0.113.